The second-order valence-corrected chi connectivity index (χ2v) is 6.51. The molecule has 2 rings (SSSR count). The van der Waals surface area contributed by atoms with Gasteiger partial charge in [-0.25, -0.2) is 8.42 Å². The van der Waals surface area contributed by atoms with Gasteiger partial charge in [-0.05, 0) is 37.6 Å². The summed E-state index contributed by atoms with van der Waals surface area (Å²) in [4.78, 5) is 0.372. The summed E-state index contributed by atoms with van der Waals surface area (Å²) in [7, 11) is -3.26. The quantitative estimate of drug-likeness (QED) is 0.837. The molecule has 0 saturated carbocycles. The maximum atomic E-state index is 12.0. The van der Waals surface area contributed by atoms with Crippen molar-refractivity contribution in [3.05, 3.63) is 28.7 Å². The van der Waals surface area contributed by atoms with Gasteiger partial charge in [-0.2, -0.15) is 4.31 Å². The van der Waals surface area contributed by atoms with Gasteiger partial charge in [0.1, 0.15) is 0 Å². The lowest BCUT2D eigenvalue weighted by molar-refractivity contribution is 0.217. The number of sulfonamides is 1. The largest absolute Gasteiger partial charge is 0.243 e. The molecule has 1 aliphatic heterocycles. The highest BCUT2D eigenvalue weighted by molar-refractivity contribution is 9.10. The highest BCUT2D eigenvalue weighted by Gasteiger charge is 2.35. The minimum absolute atomic E-state index is 0.138. The first kappa shape index (κ1) is 11.1. The zero-order valence-electron chi connectivity index (χ0n) is 8.35. The second-order valence-electron chi connectivity index (χ2n) is 3.71. The van der Waals surface area contributed by atoms with Crippen molar-refractivity contribution in [3.63, 3.8) is 0 Å². The van der Waals surface area contributed by atoms with Gasteiger partial charge in [0.15, 0.2) is 0 Å². The molecule has 0 radical (unpaired) electrons. The molecule has 1 aromatic rings. The highest BCUT2D eigenvalue weighted by atomic mass is 79.9. The van der Waals surface area contributed by atoms with Crippen LogP contribution in [-0.4, -0.2) is 25.3 Å². The fourth-order valence-corrected chi connectivity index (χ4v) is 3.53. The van der Waals surface area contributed by atoms with Crippen LogP contribution >= 0.6 is 15.9 Å². The summed E-state index contributed by atoms with van der Waals surface area (Å²) in [5, 5.41) is 0. The molecule has 0 aromatic heterocycles. The summed E-state index contributed by atoms with van der Waals surface area (Å²) in [5.74, 6) is 0. The Labute approximate surface area is 98.3 Å². The minimum Gasteiger partial charge on any atom is -0.207 e. The van der Waals surface area contributed by atoms with Crippen molar-refractivity contribution in [1.82, 2.24) is 4.31 Å². The Bertz CT molecular complexity index is 455. The first-order valence-electron chi connectivity index (χ1n) is 4.79. The SMILES string of the molecule is C[C@H]1CCN1S(=O)(=O)c1ccc(Br)cc1. The van der Waals surface area contributed by atoms with Crippen molar-refractivity contribution in [2.45, 2.75) is 24.3 Å². The molecule has 3 nitrogen and oxygen atoms in total. The lowest BCUT2D eigenvalue weighted by atomic mass is 10.1. The summed E-state index contributed by atoms with van der Waals surface area (Å²) >= 11 is 3.28. The van der Waals surface area contributed by atoms with E-state index in [0.717, 1.165) is 10.9 Å². The van der Waals surface area contributed by atoms with Crippen molar-refractivity contribution >= 4 is 26.0 Å². The summed E-state index contributed by atoms with van der Waals surface area (Å²) in [6.45, 7) is 2.57. The van der Waals surface area contributed by atoms with E-state index in [9.17, 15) is 8.42 Å². The topological polar surface area (TPSA) is 37.4 Å². The van der Waals surface area contributed by atoms with Crippen molar-refractivity contribution < 1.29 is 8.42 Å². The van der Waals surface area contributed by atoms with Gasteiger partial charge in [-0.1, -0.05) is 15.9 Å². The van der Waals surface area contributed by atoms with Gasteiger partial charge in [0, 0.05) is 17.1 Å². The van der Waals surface area contributed by atoms with Gasteiger partial charge in [0.2, 0.25) is 10.0 Å². The Morgan fingerprint density at radius 1 is 1.33 bits per heavy atom. The average molecular weight is 290 g/mol. The predicted octanol–water partition coefficient (Wildman–Crippen LogP) is 2.23. The van der Waals surface area contributed by atoms with Crippen molar-refractivity contribution in [2.24, 2.45) is 0 Å². The molecule has 15 heavy (non-hydrogen) atoms. The van der Waals surface area contributed by atoms with Crippen molar-refractivity contribution in [2.75, 3.05) is 6.54 Å². The predicted molar refractivity (Wildman–Crippen MR) is 62.1 cm³/mol. The van der Waals surface area contributed by atoms with Crippen LogP contribution in [0.25, 0.3) is 0 Å². The smallest absolute Gasteiger partial charge is 0.207 e. The van der Waals surface area contributed by atoms with Gasteiger partial charge >= 0.3 is 0 Å². The first-order chi connectivity index (χ1) is 7.01. The van der Waals surface area contributed by atoms with E-state index in [1.807, 2.05) is 6.92 Å². The van der Waals surface area contributed by atoms with Crippen LogP contribution in [0.3, 0.4) is 0 Å². The van der Waals surface area contributed by atoms with E-state index >= 15 is 0 Å². The van der Waals surface area contributed by atoms with Gasteiger partial charge < -0.3 is 0 Å². The third-order valence-corrected chi connectivity index (χ3v) is 5.24. The Kier molecular flexibility index (Phi) is 2.87. The summed E-state index contributed by atoms with van der Waals surface area (Å²) in [6, 6.07) is 6.89. The van der Waals surface area contributed by atoms with Crippen molar-refractivity contribution in [3.8, 4) is 0 Å². The van der Waals surface area contributed by atoms with E-state index in [-0.39, 0.29) is 6.04 Å². The van der Waals surface area contributed by atoms with Crippen LogP contribution in [0.1, 0.15) is 13.3 Å². The number of hydrogen-bond acceptors (Lipinski definition) is 2. The molecule has 1 atom stereocenters. The summed E-state index contributed by atoms with van der Waals surface area (Å²) in [6.07, 6.45) is 0.954. The molecule has 0 N–H and O–H groups in total. The lowest BCUT2D eigenvalue weighted by Crippen LogP contribution is -2.49. The molecule has 82 valence electrons. The van der Waals surface area contributed by atoms with Crippen LogP contribution in [0.5, 0.6) is 0 Å². The molecule has 1 saturated heterocycles. The normalized spacial score (nSPS) is 22.4. The first-order valence-corrected chi connectivity index (χ1v) is 7.02. The maximum Gasteiger partial charge on any atom is 0.243 e. The molecule has 1 fully saturated rings. The van der Waals surface area contributed by atoms with E-state index in [1.54, 1.807) is 24.3 Å². The van der Waals surface area contributed by atoms with Gasteiger partial charge in [0.05, 0.1) is 4.90 Å². The van der Waals surface area contributed by atoms with Crippen LogP contribution in [0.4, 0.5) is 0 Å². The molecular formula is C10H12BrNO2S. The molecule has 5 heteroatoms. The maximum absolute atomic E-state index is 12.0. The van der Waals surface area contributed by atoms with Crippen LogP contribution in [-0.2, 0) is 10.0 Å². The molecule has 0 bridgehead atoms. The molecule has 0 aliphatic carbocycles. The molecular weight excluding hydrogens is 278 g/mol. The van der Waals surface area contributed by atoms with E-state index < -0.39 is 10.0 Å². The Hall–Kier alpha value is -0.390. The van der Waals surface area contributed by atoms with Crippen molar-refractivity contribution in [1.29, 1.82) is 0 Å². The Morgan fingerprint density at radius 2 is 1.93 bits per heavy atom. The third-order valence-electron chi connectivity index (χ3n) is 2.68. The highest BCUT2D eigenvalue weighted by Crippen LogP contribution is 2.27. The third kappa shape index (κ3) is 1.96. The van der Waals surface area contributed by atoms with E-state index in [1.165, 1.54) is 4.31 Å². The Balaban J connectivity index is 2.33. The minimum atomic E-state index is -3.26. The lowest BCUT2D eigenvalue weighted by Gasteiger charge is -2.37. The van der Waals surface area contributed by atoms with Crippen LogP contribution in [0.2, 0.25) is 0 Å². The van der Waals surface area contributed by atoms with Gasteiger partial charge in [-0.15, -0.1) is 0 Å². The molecule has 0 spiro atoms. The summed E-state index contributed by atoms with van der Waals surface area (Å²) in [5.41, 5.74) is 0. The fourth-order valence-electron chi connectivity index (χ4n) is 1.59. The zero-order valence-corrected chi connectivity index (χ0v) is 10.8. The zero-order chi connectivity index (χ0) is 11.1. The van der Waals surface area contributed by atoms with Crippen LogP contribution in [0, 0.1) is 0 Å². The van der Waals surface area contributed by atoms with Crippen LogP contribution in [0.15, 0.2) is 33.6 Å². The Morgan fingerprint density at radius 3 is 2.33 bits per heavy atom. The number of benzene rings is 1. The number of halogens is 1. The number of rotatable bonds is 2. The number of nitrogens with zero attached hydrogens (tertiary/aromatic N) is 1. The average Bonchev–Trinajstić information content (AvgIpc) is 2.15. The van der Waals surface area contributed by atoms with E-state index in [4.69, 9.17) is 0 Å². The van der Waals surface area contributed by atoms with Crippen LogP contribution < -0.4 is 0 Å². The van der Waals surface area contributed by atoms with E-state index in [2.05, 4.69) is 15.9 Å². The number of hydrogen-bond donors (Lipinski definition) is 0. The van der Waals surface area contributed by atoms with E-state index in [0.29, 0.717) is 11.4 Å². The standard InChI is InChI=1S/C10H12BrNO2S/c1-8-6-7-12(8)15(13,14)10-4-2-9(11)3-5-10/h2-5,8H,6-7H2,1H3/t8-/m0/s1. The molecule has 1 aliphatic rings. The molecule has 0 amide bonds. The second kappa shape index (κ2) is 3.88. The molecule has 1 aromatic carbocycles. The molecule has 0 unspecified atom stereocenters. The summed E-state index contributed by atoms with van der Waals surface area (Å²) < 4.78 is 26.5. The fraction of sp³-hybridized carbons (Fsp3) is 0.400. The van der Waals surface area contributed by atoms with Gasteiger partial charge in [-0.3, -0.25) is 0 Å². The van der Waals surface area contributed by atoms with Gasteiger partial charge in [0.25, 0.3) is 0 Å². The monoisotopic (exact) mass is 289 g/mol. The molecule has 1 heterocycles.